The van der Waals surface area contributed by atoms with Gasteiger partial charge in [0, 0.05) is 5.69 Å². The first-order valence-corrected chi connectivity index (χ1v) is 13.4. The Balaban J connectivity index is 1.48. The minimum Gasteiger partial charge on any atom is -0.484 e. The van der Waals surface area contributed by atoms with Gasteiger partial charge in [-0.25, -0.2) is 12.8 Å². The van der Waals surface area contributed by atoms with Gasteiger partial charge in [0.05, 0.1) is 22.7 Å². The highest BCUT2D eigenvalue weighted by Gasteiger charge is 2.34. The van der Waals surface area contributed by atoms with Gasteiger partial charge in [0.25, 0.3) is 15.9 Å². The molecule has 0 aliphatic heterocycles. The van der Waals surface area contributed by atoms with Gasteiger partial charge in [-0.1, -0.05) is 48.0 Å². The summed E-state index contributed by atoms with van der Waals surface area (Å²) >= 11 is 0. The van der Waals surface area contributed by atoms with Gasteiger partial charge in [-0.05, 0) is 67.1 Å². The number of nitrogens with zero attached hydrogens (tertiary/aromatic N) is 1. The van der Waals surface area contributed by atoms with Crippen LogP contribution < -0.4 is 14.4 Å². The lowest BCUT2D eigenvalue weighted by Crippen LogP contribution is -2.30. The Morgan fingerprint density at radius 3 is 2.17 bits per heavy atom. The van der Waals surface area contributed by atoms with Gasteiger partial charge in [0.1, 0.15) is 11.6 Å². The average molecular weight is 573 g/mol. The molecule has 0 aliphatic carbocycles. The molecule has 6 nitrogen and oxygen atoms in total. The molecule has 0 spiro atoms. The highest BCUT2D eigenvalue weighted by Crippen LogP contribution is 2.33. The molecular weight excluding hydrogens is 548 g/mol. The highest BCUT2D eigenvalue weighted by atomic mass is 32.2. The number of ether oxygens (including phenoxy) is 1. The molecule has 4 rings (SSSR count). The third kappa shape index (κ3) is 6.97. The normalized spacial score (nSPS) is 11.6. The van der Waals surface area contributed by atoms with E-state index in [1.807, 2.05) is 37.3 Å². The summed E-state index contributed by atoms with van der Waals surface area (Å²) < 4.78 is 86.1. The molecule has 0 fully saturated rings. The zero-order valence-electron chi connectivity index (χ0n) is 21.2. The summed E-state index contributed by atoms with van der Waals surface area (Å²) in [5.41, 5.74) is 0.300. The Morgan fingerprint density at radius 2 is 1.55 bits per heavy atom. The monoisotopic (exact) mass is 572 g/mol. The first-order valence-electron chi connectivity index (χ1n) is 12.0. The number of alkyl halides is 3. The Morgan fingerprint density at radius 1 is 0.900 bits per heavy atom. The molecule has 0 radical (unpaired) electrons. The number of anilines is 2. The molecule has 0 saturated carbocycles. The number of nitrogens with one attached hydrogen (secondary N) is 1. The fraction of sp³-hybridized carbons (Fsp3) is 0.138. The summed E-state index contributed by atoms with van der Waals surface area (Å²) in [5.74, 6) is -2.00. The molecule has 4 aromatic rings. The number of hydrogen-bond donors (Lipinski definition) is 1. The molecule has 0 heterocycles. The predicted octanol–water partition coefficient (Wildman–Crippen LogP) is 6.57. The van der Waals surface area contributed by atoms with Crippen molar-refractivity contribution >= 4 is 27.3 Å². The first-order chi connectivity index (χ1) is 18.9. The van der Waals surface area contributed by atoms with Crippen LogP contribution in [0.25, 0.3) is 0 Å². The van der Waals surface area contributed by atoms with Crippen molar-refractivity contribution < 1.29 is 35.5 Å². The largest absolute Gasteiger partial charge is 0.484 e. The van der Waals surface area contributed by atoms with E-state index in [2.05, 4.69) is 5.32 Å². The van der Waals surface area contributed by atoms with Crippen molar-refractivity contribution in [3.05, 3.63) is 120 Å². The summed E-state index contributed by atoms with van der Waals surface area (Å²) in [6.07, 6.45) is -4.91. The van der Waals surface area contributed by atoms with Crippen molar-refractivity contribution in [1.82, 2.24) is 0 Å². The fourth-order valence-electron chi connectivity index (χ4n) is 3.78. The lowest BCUT2D eigenvalue weighted by Gasteiger charge is -2.25. The molecule has 1 amide bonds. The zero-order chi connectivity index (χ0) is 28.9. The SMILES string of the molecule is Cc1ccc(S(=O)(=O)N(Cc2ccccc2)c2ccc(OCC(=O)Nc3ccc(F)c(C(F)(F)F)c3)cc2)cc1. The van der Waals surface area contributed by atoms with Crippen LogP contribution in [-0.2, 0) is 27.5 Å². The van der Waals surface area contributed by atoms with Crippen molar-refractivity contribution in [2.24, 2.45) is 0 Å². The summed E-state index contributed by atoms with van der Waals surface area (Å²) in [6.45, 7) is 1.38. The zero-order valence-corrected chi connectivity index (χ0v) is 22.0. The first kappa shape index (κ1) is 28.6. The molecule has 11 heteroatoms. The van der Waals surface area contributed by atoms with Gasteiger partial charge in [-0.15, -0.1) is 0 Å². The van der Waals surface area contributed by atoms with Crippen LogP contribution in [0.1, 0.15) is 16.7 Å². The van der Waals surface area contributed by atoms with E-state index in [1.165, 1.54) is 40.7 Å². The average Bonchev–Trinajstić information content (AvgIpc) is 2.92. The van der Waals surface area contributed by atoms with Crippen molar-refractivity contribution in [3.8, 4) is 5.75 Å². The van der Waals surface area contributed by atoms with E-state index in [0.717, 1.165) is 17.2 Å². The number of carbonyl (C=O) groups is 1. The smallest absolute Gasteiger partial charge is 0.419 e. The van der Waals surface area contributed by atoms with Crippen molar-refractivity contribution in [2.45, 2.75) is 24.5 Å². The molecule has 0 saturated heterocycles. The van der Waals surface area contributed by atoms with Crippen molar-refractivity contribution in [2.75, 3.05) is 16.2 Å². The van der Waals surface area contributed by atoms with Crippen LogP contribution in [0.3, 0.4) is 0 Å². The third-order valence-electron chi connectivity index (χ3n) is 5.83. The van der Waals surface area contributed by atoms with Crippen LogP contribution in [0, 0.1) is 12.7 Å². The topological polar surface area (TPSA) is 75.7 Å². The van der Waals surface area contributed by atoms with Crippen LogP contribution in [-0.4, -0.2) is 20.9 Å². The maximum atomic E-state index is 13.6. The van der Waals surface area contributed by atoms with Gasteiger partial charge in [-0.2, -0.15) is 13.2 Å². The van der Waals surface area contributed by atoms with Gasteiger partial charge in [0.2, 0.25) is 0 Å². The van der Waals surface area contributed by atoms with E-state index in [4.69, 9.17) is 4.74 Å². The summed E-state index contributed by atoms with van der Waals surface area (Å²) in [6, 6.07) is 23.7. The molecule has 4 aromatic carbocycles. The van der Waals surface area contributed by atoms with E-state index < -0.39 is 40.1 Å². The van der Waals surface area contributed by atoms with Gasteiger partial charge >= 0.3 is 6.18 Å². The highest BCUT2D eigenvalue weighted by molar-refractivity contribution is 7.92. The predicted molar refractivity (Wildman–Crippen MR) is 143 cm³/mol. The Hall–Kier alpha value is -4.38. The molecule has 208 valence electrons. The molecule has 0 unspecified atom stereocenters. The van der Waals surface area contributed by atoms with Crippen LogP contribution in [0.15, 0.2) is 102 Å². The van der Waals surface area contributed by atoms with E-state index >= 15 is 0 Å². The lowest BCUT2D eigenvalue weighted by molar-refractivity contribution is -0.140. The summed E-state index contributed by atoms with van der Waals surface area (Å²) in [5, 5.41) is 2.23. The number of halogens is 4. The summed E-state index contributed by atoms with van der Waals surface area (Å²) in [4.78, 5) is 12.3. The molecule has 0 aliphatic rings. The third-order valence-corrected chi connectivity index (χ3v) is 7.62. The van der Waals surface area contributed by atoms with Crippen molar-refractivity contribution in [3.63, 3.8) is 0 Å². The number of sulfonamides is 1. The molecule has 0 atom stereocenters. The second-order valence-corrected chi connectivity index (χ2v) is 10.7. The summed E-state index contributed by atoms with van der Waals surface area (Å²) in [7, 11) is -3.94. The van der Waals surface area contributed by atoms with Crippen LogP contribution >= 0.6 is 0 Å². The number of aryl methyl sites for hydroxylation is 1. The fourth-order valence-corrected chi connectivity index (χ4v) is 5.23. The van der Waals surface area contributed by atoms with Gasteiger partial charge < -0.3 is 10.1 Å². The van der Waals surface area contributed by atoms with Crippen LogP contribution in [0.5, 0.6) is 5.75 Å². The maximum absolute atomic E-state index is 13.6. The van der Waals surface area contributed by atoms with Gasteiger partial charge in [-0.3, -0.25) is 9.10 Å². The molecule has 1 N–H and O–H groups in total. The second-order valence-electron chi connectivity index (χ2n) is 8.83. The Kier molecular flexibility index (Phi) is 8.43. The molecular formula is C29H24F4N2O4S. The Bertz CT molecular complexity index is 1580. The van der Waals surface area contributed by atoms with Crippen LogP contribution in [0.2, 0.25) is 0 Å². The number of rotatable bonds is 9. The van der Waals surface area contributed by atoms with Gasteiger partial charge in [0.15, 0.2) is 6.61 Å². The number of benzene rings is 4. The maximum Gasteiger partial charge on any atom is 0.419 e. The Labute approximate surface area is 228 Å². The minimum atomic E-state index is -4.91. The van der Waals surface area contributed by atoms with E-state index in [0.29, 0.717) is 17.8 Å². The minimum absolute atomic E-state index is 0.0667. The molecule has 0 aromatic heterocycles. The number of hydrogen-bond acceptors (Lipinski definition) is 4. The van der Waals surface area contributed by atoms with Crippen LogP contribution in [0.4, 0.5) is 28.9 Å². The van der Waals surface area contributed by atoms with Crippen molar-refractivity contribution in [1.29, 1.82) is 0 Å². The molecule has 0 bridgehead atoms. The van der Waals surface area contributed by atoms with E-state index in [1.54, 1.807) is 12.1 Å². The number of carbonyl (C=O) groups excluding carboxylic acids is 1. The number of amides is 1. The molecule has 40 heavy (non-hydrogen) atoms. The van der Waals surface area contributed by atoms with E-state index in [-0.39, 0.29) is 22.9 Å². The van der Waals surface area contributed by atoms with E-state index in [9.17, 15) is 30.8 Å². The standard InChI is InChI=1S/C29H24F4N2O4S/c1-20-7-14-25(15-8-20)40(37,38)35(18-21-5-3-2-4-6-21)23-10-12-24(13-11-23)39-19-28(36)34-22-9-16-27(30)26(17-22)29(31,32)33/h2-17H,18-19H2,1H3,(H,34,36). The quantitative estimate of drug-likeness (QED) is 0.230. The second kappa shape index (κ2) is 11.8. The lowest BCUT2D eigenvalue weighted by atomic mass is 10.2.